The third-order valence-corrected chi connectivity index (χ3v) is 3.49. The standard InChI is InChI=1S/C13H20N2/c1-10-6-8-11(9-7-10)12-4-2-3-5-13(12)15-14/h6-9,12-13,15H,2-5,14H2,1H3/t12-,13-/m1/s1. The van der Waals surface area contributed by atoms with Crippen molar-refractivity contribution < 1.29 is 0 Å². The van der Waals surface area contributed by atoms with Crippen LogP contribution in [0.5, 0.6) is 0 Å². The average Bonchev–Trinajstić information content (AvgIpc) is 2.30. The number of rotatable bonds is 2. The fourth-order valence-electron chi connectivity index (χ4n) is 2.54. The van der Waals surface area contributed by atoms with Gasteiger partial charge in [-0.3, -0.25) is 11.3 Å². The topological polar surface area (TPSA) is 38.0 Å². The van der Waals surface area contributed by atoms with E-state index in [2.05, 4.69) is 36.6 Å². The van der Waals surface area contributed by atoms with Crippen LogP contribution in [0.25, 0.3) is 0 Å². The Balaban J connectivity index is 2.16. The molecule has 1 aromatic carbocycles. The maximum atomic E-state index is 5.61. The molecule has 0 spiro atoms. The van der Waals surface area contributed by atoms with Gasteiger partial charge in [-0.2, -0.15) is 0 Å². The molecule has 2 heteroatoms. The molecule has 3 N–H and O–H groups in total. The van der Waals surface area contributed by atoms with Crippen LogP contribution >= 0.6 is 0 Å². The molecule has 1 aliphatic carbocycles. The van der Waals surface area contributed by atoms with Gasteiger partial charge in [-0.25, -0.2) is 0 Å². The summed E-state index contributed by atoms with van der Waals surface area (Å²) in [4.78, 5) is 0. The van der Waals surface area contributed by atoms with E-state index >= 15 is 0 Å². The molecule has 82 valence electrons. The highest BCUT2D eigenvalue weighted by Gasteiger charge is 2.25. The van der Waals surface area contributed by atoms with E-state index in [9.17, 15) is 0 Å². The van der Waals surface area contributed by atoms with Gasteiger partial charge in [0.2, 0.25) is 0 Å². The molecule has 1 fully saturated rings. The first kappa shape index (κ1) is 10.7. The molecular formula is C13H20N2. The van der Waals surface area contributed by atoms with Crippen molar-refractivity contribution in [3.63, 3.8) is 0 Å². The Hall–Kier alpha value is -0.860. The summed E-state index contributed by atoms with van der Waals surface area (Å²) in [6, 6.07) is 9.34. The van der Waals surface area contributed by atoms with Crippen molar-refractivity contribution in [1.82, 2.24) is 5.43 Å². The summed E-state index contributed by atoms with van der Waals surface area (Å²) >= 11 is 0. The van der Waals surface area contributed by atoms with Crippen molar-refractivity contribution in [2.24, 2.45) is 5.84 Å². The number of hydrogen-bond acceptors (Lipinski definition) is 2. The molecule has 2 atom stereocenters. The molecule has 2 rings (SSSR count). The highest BCUT2D eigenvalue weighted by molar-refractivity contribution is 5.26. The lowest BCUT2D eigenvalue weighted by atomic mass is 9.80. The zero-order valence-corrected chi connectivity index (χ0v) is 9.37. The Labute approximate surface area is 91.8 Å². The van der Waals surface area contributed by atoms with Gasteiger partial charge in [0.1, 0.15) is 0 Å². The second-order valence-corrected chi connectivity index (χ2v) is 4.57. The van der Waals surface area contributed by atoms with Crippen LogP contribution in [0.3, 0.4) is 0 Å². The normalized spacial score (nSPS) is 26.5. The lowest BCUT2D eigenvalue weighted by Crippen LogP contribution is -2.41. The molecule has 0 radical (unpaired) electrons. The summed E-state index contributed by atoms with van der Waals surface area (Å²) in [5.41, 5.74) is 5.73. The second-order valence-electron chi connectivity index (χ2n) is 4.57. The number of benzene rings is 1. The molecule has 1 saturated carbocycles. The van der Waals surface area contributed by atoms with Crippen LogP contribution in [0.4, 0.5) is 0 Å². The molecule has 0 saturated heterocycles. The summed E-state index contributed by atoms with van der Waals surface area (Å²) < 4.78 is 0. The molecule has 2 nitrogen and oxygen atoms in total. The first-order chi connectivity index (χ1) is 7.31. The molecule has 1 aliphatic rings. The van der Waals surface area contributed by atoms with Crippen LogP contribution in [0.15, 0.2) is 24.3 Å². The highest BCUT2D eigenvalue weighted by Crippen LogP contribution is 2.32. The van der Waals surface area contributed by atoms with E-state index < -0.39 is 0 Å². The predicted molar refractivity (Wildman–Crippen MR) is 63.5 cm³/mol. The van der Waals surface area contributed by atoms with Crippen LogP contribution in [0, 0.1) is 6.92 Å². The first-order valence-corrected chi connectivity index (χ1v) is 5.84. The molecule has 0 amide bonds. The monoisotopic (exact) mass is 204 g/mol. The Morgan fingerprint density at radius 2 is 1.80 bits per heavy atom. The zero-order valence-electron chi connectivity index (χ0n) is 9.37. The Morgan fingerprint density at radius 1 is 1.13 bits per heavy atom. The first-order valence-electron chi connectivity index (χ1n) is 5.84. The van der Waals surface area contributed by atoms with Crippen molar-refractivity contribution in [3.8, 4) is 0 Å². The summed E-state index contributed by atoms with van der Waals surface area (Å²) in [6.45, 7) is 2.13. The maximum absolute atomic E-state index is 5.61. The van der Waals surface area contributed by atoms with E-state index in [4.69, 9.17) is 5.84 Å². The van der Waals surface area contributed by atoms with Gasteiger partial charge < -0.3 is 0 Å². The van der Waals surface area contributed by atoms with Gasteiger partial charge in [-0.15, -0.1) is 0 Å². The van der Waals surface area contributed by atoms with Crippen molar-refractivity contribution in [1.29, 1.82) is 0 Å². The molecule has 0 unspecified atom stereocenters. The Morgan fingerprint density at radius 3 is 2.47 bits per heavy atom. The number of nitrogens with two attached hydrogens (primary N) is 1. The Kier molecular flexibility index (Phi) is 3.39. The van der Waals surface area contributed by atoms with Gasteiger partial charge in [-0.05, 0) is 25.3 Å². The van der Waals surface area contributed by atoms with E-state index in [1.54, 1.807) is 0 Å². The number of hydrazine groups is 1. The number of nitrogens with one attached hydrogen (secondary N) is 1. The minimum Gasteiger partial charge on any atom is -0.271 e. The highest BCUT2D eigenvalue weighted by atomic mass is 15.2. The number of aryl methyl sites for hydroxylation is 1. The van der Waals surface area contributed by atoms with Gasteiger partial charge in [0.25, 0.3) is 0 Å². The molecule has 0 aliphatic heterocycles. The summed E-state index contributed by atoms with van der Waals surface area (Å²) in [5.74, 6) is 6.21. The number of hydrogen-bond donors (Lipinski definition) is 2. The van der Waals surface area contributed by atoms with Gasteiger partial charge >= 0.3 is 0 Å². The van der Waals surface area contributed by atoms with Gasteiger partial charge in [0.05, 0.1) is 0 Å². The fraction of sp³-hybridized carbons (Fsp3) is 0.538. The third kappa shape index (κ3) is 2.39. The minimum atomic E-state index is 0.460. The molecule has 1 aromatic rings. The van der Waals surface area contributed by atoms with E-state index in [1.807, 2.05) is 0 Å². The van der Waals surface area contributed by atoms with Crippen molar-refractivity contribution >= 4 is 0 Å². The second kappa shape index (κ2) is 4.77. The van der Waals surface area contributed by atoms with Crippen LogP contribution in [-0.2, 0) is 0 Å². The average molecular weight is 204 g/mol. The van der Waals surface area contributed by atoms with Crippen molar-refractivity contribution in [2.75, 3.05) is 0 Å². The van der Waals surface area contributed by atoms with E-state index in [0.29, 0.717) is 12.0 Å². The molecule has 0 bridgehead atoms. The van der Waals surface area contributed by atoms with Gasteiger partial charge in [0, 0.05) is 12.0 Å². The predicted octanol–water partition coefficient (Wildman–Crippen LogP) is 2.48. The SMILES string of the molecule is Cc1ccc([C@H]2CCCC[C@H]2NN)cc1. The molecular weight excluding hydrogens is 184 g/mol. The van der Waals surface area contributed by atoms with E-state index in [1.165, 1.54) is 36.8 Å². The Bertz CT molecular complexity index is 305. The van der Waals surface area contributed by atoms with Crippen LogP contribution in [0.1, 0.15) is 42.7 Å². The minimum absolute atomic E-state index is 0.460. The van der Waals surface area contributed by atoms with E-state index in [0.717, 1.165) is 0 Å². The summed E-state index contributed by atoms with van der Waals surface area (Å²) in [6.07, 6.45) is 5.10. The summed E-state index contributed by atoms with van der Waals surface area (Å²) in [5, 5.41) is 0. The smallest absolute Gasteiger partial charge is 0.0279 e. The van der Waals surface area contributed by atoms with Crippen LogP contribution in [0.2, 0.25) is 0 Å². The van der Waals surface area contributed by atoms with Crippen molar-refractivity contribution in [3.05, 3.63) is 35.4 Å². The van der Waals surface area contributed by atoms with Crippen LogP contribution in [-0.4, -0.2) is 6.04 Å². The molecule has 15 heavy (non-hydrogen) atoms. The maximum Gasteiger partial charge on any atom is 0.0279 e. The fourth-order valence-corrected chi connectivity index (χ4v) is 2.54. The zero-order chi connectivity index (χ0) is 10.7. The van der Waals surface area contributed by atoms with Crippen molar-refractivity contribution in [2.45, 2.75) is 44.6 Å². The third-order valence-electron chi connectivity index (χ3n) is 3.49. The largest absolute Gasteiger partial charge is 0.271 e. The lowest BCUT2D eigenvalue weighted by molar-refractivity contribution is 0.331. The summed E-state index contributed by atoms with van der Waals surface area (Å²) in [7, 11) is 0. The van der Waals surface area contributed by atoms with Gasteiger partial charge in [-0.1, -0.05) is 42.7 Å². The van der Waals surface area contributed by atoms with Gasteiger partial charge in [0.15, 0.2) is 0 Å². The quantitative estimate of drug-likeness (QED) is 0.574. The van der Waals surface area contributed by atoms with Crippen LogP contribution < -0.4 is 11.3 Å². The molecule has 0 heterocycles. The van der Waals surface area contributed by atoms with E-state index in [-0.39, 0.29) is 0 Å². The lowest BCUT2D eigenvalue weighted by Gasteiger charge is -2.31. The molecule has 0 aromatic heterocycles.